The van der Waals surface area contributed by atoms with E-state index in [0.717, 1.165) is 25.4 Å². The van der Waals surface area contributed by atoms with Crippen molar-refractivity contribution in [3.8, 4) is 0 Å². The van der Waals surface area contributed by atoms with Gasteiger partial charge in [-0.3, -0.25) is 4.79 Å². The van der Waals surface area contributed by atoms with Gasteiger partial charge >= 0.3 is 0 Å². The number of ether oxygens (including phenoxy) is 1. The van der Waals surface area contributed by atoms with Gasteiger partial charge in [0.1, 0.15) is 6.04 Å². The van der Waals surface area contributed by atoms with Crippen molar-refractivity contribution in [2.45, 2.75) is 38.1 Å². The fourth-order valence-corrected chi connectivity index (χ4v) is 3.17. The maximum absolute atomic E-state index is 12.7. The van der Waals surface area contributed by atoms with Gasteiger partial charge in [0.25, 0.3) is 5.91 Å². The highest BCUT2D eigenvalue weighted by Gasteiger charge is 2.35. The third kappa shape index (κ3) is 3.58. The van der Waals surface area contributed by atoms with Crippen LogP contribution in [-0.4, -0.2) is 50.3 Å². The van der Waals surface area contributed by atoms with E-state index in [1.54, 1.807) is 21.9 Å². The first-order valence-corrected chi connectivity index (χ1v) is 8.91. The zero-order valence-electron chi connectivity index (χ0n) is 14.4. The largest absolute Gasteiger partial charge is 0.381 e. The topological polar surface area (TPSA) is 86.3 Å². The number of hydrogen-bond acceptors (Lipinski definition) is 6. The summed E-state index contributed by atoms with van der Waals surface area (Å²) in [6, 6.07) is -0.169. The van der Waals surface area contributed by atoms with Crippen molar-refractivity contribution in [2.75, 3.05) is 19.8 Å². The van der Waals surface area contributed by atoms with Gasteiger partial charge < -0.3 is 18.7 Å². The molecule has 3 heterocycles. The highest BCUT2D eigenvalue weighted by Crippen LogP contribution is 2.32. The van der Waals surface area contributed by atoms with Gasteiger partial charge in [-0.1, -0.05) is 5.16 Å². The van der Waals surface area contributed by atoms with Crippen LogP contribution in [0, 0.1) is 5.92 Å². The molecule has 0 spiro atoms. The second-order valence-electron chi connectivity index (χ2n) is 6.84. The first kappa shape index (κ1) is 16.3. The number of aryl methyl sites for hydroxylation is 1. The van der Waals surface area contributed by atoms with E-state index in [2.05, 4.69) is 15.1 Å². The zero-order chi connectivity index (χ0) is 17.2. The predicted octanol–water partition coefficient (Wildman–Crippen LogP) is 1.75. The van der Waals surface area contributed by atoms with Crippen molar-refractivity contribution >= 4 is 5.91 Å². The van der Waals surface area contributed by atoms with Crippen molar-refractivity contribution in [3.05, 3.63) is 29.9 Å². The van der Waals surface area contributed by atoms with Crippen molar-refractivity contribution in [1.82, 2.24) is 24.6 Å². The number of carbonyl (C=O) groups is 1. The highest BCUT2D eigenvalue weighted by atomic mass is 16.5. The van der Waals surface area contributed by atoms with E-state index in [-0.39, 0.29) is 11.9 Å². The smallest absolute Gasteiger partial charge is 0.290 e. The van der Waals surface area contributed by atoms with Crippen molar-refractivity contribution < 1.29 is 14.1 Å². The Morgan fingerprint density at radius 1 is 1.40 bits per heavy atom. The standard InChI is InChI=1S/C17H23N5O3/c1-21-9-7-18-15(21)17(23)22-8-2-3-13(22)16-19-14(20-25-16)6-10-24-11-12-4-5-12/h7,9,12-13H,2-6,8,10-11H2,1H3. The minimum atomic E-state index is -0.169. The number of nitrogens with zero attached hydrogens (tertiary/aromatic N) is 5. The molecule has 134 valence electrons. The van der Waals surface area contributed by atoms with Crippen molar-refractivity contribution in [3.63, 3.8) is 0 Å². The molecule has 0 bridgehead atoms. The van der Waals surface area contributed by atoms with Crippen LogP contribution >= 0.6 is 0 Å². The van der Waals surface area contributed by atoms with Crippen LogP contribution in [0.2, 0.25) is 0 Å². The quantitative estimate of drug-likeness (QED) is 0.711. The first-order valence-electron chi connectivity index (χ1n) is 8.91. The monoisotopic (exact) mass is 345 g/mol. The summed E-state index contributed by atoms with van der Waals surface area (Å²) >= 11 is 0. The summed E-state index contributed by atoms with van der Waals surface area (Å²) in [5, 5.41) is 4.04. The van der Waals surface area contributed by atoms with Crippen molar-refractivity contribution in [1.29, 1.82) is 0 Å². The Kier molecular flexibility index (Phi) is 4.52. The summed E-state index contributed by atoms with van der Waals surface area (Å²) in [5.41, 5.74) is 0. The Hall–Kier alpha value is -2.22. The molecule has 0 N–H and O–H groups in total. The summed E-state index contributed by atoms with van der Waals surface area (Å²) in [6.45, 7) is 2.12. The maximum atomic E-state index is 12.7. The normalized spacial score (nSPS) is 20.4. The van der Waals surface area contributed by atoms with Gasteiger partial charge in [0.15, 0.2) is 11.6 Å². The lowest BCUT2D eigenvalue weighted by atomic mass is 10.2. The number of imidazole rings is 1. The van der Waals surface area contributed by atoms with Gasteiger partial charge in [-0.15, -0.1) is 0 Å². The summed E-state index contributed by atoms with van der Waals surface area (Å²) in [5.74, 6) is 2.24. The second kappa shape index (κ2) is 6.95. The molecule has 0 radical (unpaired) electrons. The molecule has 1 atom stereocenters. The van der Waals surface area contributed by atoms with Crippen LogP contribution < -0.4 is 0 Å². The average molecular weight is 345 g/mol. The molecular weight excluding hydrogens is 322 g/mol. The van der Waals surface area contributed by atoms with E-state index in [4.69, 9.17) is 9.26 Å². The summed E-state index contributed by atoms with van der Waals surface area (Å²) < 4.78 is 12.8. The summed E-state index contributed by atoms with van der Waals surface area (Å²) in [7, 11) is 1.82. The molecule has 4 rings (SSSR count). The van der Waals surface area contributed by atoms with Crippen molar-refractivity contribution in [2.24, 2.45) is 13.0 Å². The molecule has 0 aromatic carbocycles. The fraction of sp³-hybridized carbons (Fsp3) is 0.647. The molecule has 1 aliphatic carbocycles. The molecule has 1 unspecified atom stereocenters. The SMILES string of the molecule is Cn1ccnc1C(=O)N1CCCC1c1nc(CCOCC2CC2)no1. The Morgan fingerprint density at radius 3 is 3.04 bits per heavy atom. The predicted molar refractivity (Wildman–Crippen MR) is 87.8 cm³/mol. The Morgan fingerprint density at radius 2 is 2.28 bits per heavy atom. The van der Waals surface area contributed by atoms with Crippen LogP contribution in [0.25, 0.3) is 0 Å². The average Bonchev–Trinajstić information content (AvgIpc) is 3.02. The molecule has 2 aromatic heterocycles. The fourth-order valence-electron chi connectivity index (χ4n) is 3.17. The zero-order valence-corrected chi connectivity index (χ0v) is 14.4. The van der Waals surface area contributed by atoms with E-state index in [0.29, 0.717) is 37.1 Å². The molecule has 1 aliphatic heterocycles. The number of likely N-dealkylation sites (tertiary alicyclic amines) is 1. The van der Waals surface area contributed by atoms with E-state index in [9.17, 15) is 4.79 Å². The van der Waals surface area contributed by atoms with Crippen LogP contribution in [0.3, 0.4) is 0 Å². The number of aromatic nitrogens is 4. The number of rotatable bonds is 7. The van der Waals surface area contributed by atoms with E-state index in [1.165, 1.54) is 12.8 Å². The lowest BCUT2D eigenvalue weighted by molar-refractivity contribution is 0.0694. The molecule has 25 heavy (non-hydrogen) atoms. The molecule has 8 nitrogen and oxygen atoms in total. The van der Waals surface area contributed by atoms with Crippen LogP contribution in [0.5, 0.6) is 0 Å². The van der Waals surface area contributed by atoms with Gasteiger partial charge in [-0.05, 0) is 31.6 Å². The van der Waals surface area contributed by atoms with Gasteiger partial charge in [0, 0.05) is 39.0 Å². The maximum Gasteiger partial charge on any atom is 0.290 e. The van der Waals surface area contributed by atoms with Crippen LogP contribution in [-0.2, 0) is 18.2 Å². The van der Waals surface area contributed by atoms with E-state index in [1.807, 2.05) is 7.05 Å². The Bertz CT molecular complexity index is 736. The molecular formula is C17H23N5O3. The molecule has 2 fully saturated rings. The minimum absolute atomic E-state index is 0.0949. The lowest BCUT2D eigenvalue weighted by Gasteiger charge is -2.21. The lowest BCUT2D eigenvalue weighted by Crippen LogP contribution is -2.32. The second-order valence-corrected chi connectivity index (χ2v) is 6.84. The van der Waals surface area contributed by atoms with Gasteiger partial charge in [0.05, 0.1) is 6.61 Å². The molecule has 1 saturated carbocycles. The van der Waals surface area contributed by atoms with Gasteiger partial charge in [-0.25, -0.2) is 4.98 Å². The molecule has 1 saturated heterocycles. The number of amides is 1. The Labute approximate surface area is 146 Å². The minimum Gasteiger partial charge on any atom is -0.381 e. The van der Waals surface area contributed by atoms with Gasteiger partial charge in [0.2, 0.25) is 5.89 Å². The summed E-state index contributed by atoms with van der Waals surface area (Å²) in [4.78, 5) is 23.1. The summed E-state index contributed by atoms with van der Waals surface area (Å²) in [6.07, 6.45) is 8.35. The first-order chi connectivity index (χ1) is 12.2. The van der Waals surface area contributed by atoms with E-state index < -0.39 is 0 Å². The highest BCUT2D eigenvalue weighted by molar-refractivity contribution is 5.91. The molecule has 2 aromatic rings. The van der Waals surface area contributed by atoms with E-state index >= 15 is 0 Å². The van der Waals surface area contributed by atoms with Crippen LogP contribution in [0.4, 0.5) is 0 Å². The molecule has 1 amide bonds. The third-order valence-corrected chi connectivity index (χ3v) is 4.82. The number of hydrogen-bond donors (Lipinski definition) is 0. The number of carbonyl (C=O) groups excluding carboxylic acids is 1. The van der Waals surface area contributed by atoms with Crippen LogP contribution in [0.15, 0.2) is 16.9 Å². The molecule has 8 heteroatoms. The third-order valence-electron chi connectivity index (χ3n) is 4.82. The molecule has 2 aliphatic rings. The van der Waals surface area contributed by atoms with Crippen LogP contribution in [0.1, 0.15) is 54.1 Å². The van der Waals surface area contributed by atoms with Gasteiger partial charge in [-0.2, -0.15) is 4.98 Å². The Balaban J connectivity index is 1.38.